The van der Waals surface area contributed by atoms with Crippen molar-refractivity contribution < 1.29 is 13.2 Å². The number of nitrogens with one attached hydrogen (secondary N) is 1. The van der Waals surface area contributed by atoms with Gasteiger partial charge in [-0.05, 0) is 44.0 Å². The van der Waals surface area contributed by atoms with Gasteiger partial charge < -0.3 is 10.1 Å². The Morgan fingerprint density at radius 1 is 1.40 bits per heavy atom. The molecule has 1 aromatic carbocycles. The SMILES string of the molecule is COc1ccccc1N(C)S(=O)(=O)CC1CCCNC1. The number of anilines is 1. The van der Waals surface area contributed by atoms with Crippen LogP contribution in [0.25, 0.3) is 0 Å². The second-order valence-electron chi connectivity index (χ2n) is 5.13. The fourth-order valence-corrected chi connectivity index (χ4v) is 4.07. The van der Waals surface area contributed by atoms with Crippen LogP contribution in [0.3, 0.4) is 0 Å². The number of benzene rings is 1. The average molecular weight is 298 g/mol. The van der Waals surface area contributed by atoms with Gasteiger partial charge in [0.05, 0.1) is 18.6 Å². The van der Waals surface area contributed by atoms with Crippen LogP contribution in [0, 0.1) is 5.92 Å². The minimum Gasteiger partial charge on any atom is -0.495 e. The minimum absolute atomic E-state index is 0.175. The van der Waals surface area contributed by atoms with Crippen molar-refractivity contribution >= 4 is 15.7 Å². The molecule has 0 radical (unpaired) electrons. The molecule has 2 rings (SSSR count). The lowest BCUT2D eigenvalue weighted by molar-refractivity contribution is 0.403. The maximum Gasteiger partial charge on any atom is 0.235 e. The van der Waals surface area contributed by atoms with E-state index in [-0.39, 0.29) is 11.7 Å². The number of hydrogen-bond donors (Lipinski definition) is 1. The topological polar surface area (TPSA) is 58.6 Å². The van der Waals surface area contributed by atoms with Crippen LogP contribution in [-0.2, 0) is 10.0 Å². The third-order valence-electron chi connectivity index (χ3n) is 3.69. The van der Waals surface area contributed by atoms with Crippen molar-refractivity contribution in [1.82, 2.24) is 5.32 Å². The van der Waals surface area contributed by atoms with E-state index in [4.69, 9.17) is 4.74 Å². The van der Waals surface area contributed by atoms with Crippen LogP contribution < -0.4 is 14.4 Å². The highest BCUT2D eigenvalue weighted by Gasteiger charge is 2.26. The van der Waals surface area contributed by atoms with Crippen molar-refractivity contribution in [2.24, 2.45) is 5.92 Å². The van der Waals surface area contributed by atoms with E-state index in [2.05, 4.69) is 5.32 Å². The van der Waals surface area contributed by atoms with Gasteiger partial charge in [-0.1, -0.05) is 12.1 Å². The van der Waals surface area contributed by atoms with Gasteiger partial charge in [-0.3, -0.25) is 4.31 Å². The molecule has 0 bridgehead atoms. The van der Waals surface area contributed by atoms with E-state index in [1.165, 1.54) is 4.31 Å². The number of hydrogen-bond acceptors (Lipinski definition) is 4. The van der Waals surface area contributed by atoms with Gasteiger partial charge in [0.1, 0.15) is 5.75 Å². The second kappa shape index (κ2) is 6.45. The molecule has 1 saturated heterocycles. The van der Waals surface area contributed by atoms with E-state index in [0.717, 1.165) is 25.9 Å². The molecule has 1 aliphatic rings. The Hall–Kier alpha value is -1.27. The quantitative estimate of drug-likeness (QED) is 0.894. The Morgan fingerprint density at radius 2 is 2.15 bits per heavy atom. The lowest BCUT2D eigenvalue weighted by atomic mass is 10.0. The zero-order valence-electron chi connectivity index (χ0n) is 12.0. The summed E-state index contributed by atoms with van der Waals surface area (Å²) in [4.78, 5) is 0. The van der Waals surface area contributed by atoms with Gasteiger partial charge >= 0.3 is 0 Å². The maximum absolute atomic E-state index is 12.5. The summed E-state index contributed by atoms with van der Waals surface area (Å²) in [7, 11) is -0.199. The van der Waals surface area contributed by atoms with Crippen LogP contribution in [0.15, 0.2) is 24.3 Å². The molecule has 1 fully saturated rings. The van der Waals surface area contributed by atoms with Gasteiger partial charge in [0, 0.05) is 7.05 Å². The fourth-order valence-electron chi connectivity index (χ4n) is 2.52. The summed E-state index contributed by atoms with van der Waals surface area (Å²) in [6, 6.07) is 7.17. The summed E-state index contributed by atoms with van der Waals surface area (Å²) in [5.74, 6) is 0.931. The molecular weight excluding hydrogens is 276 g/mol. The lowest BCUT2D eigenvalue weighted by Crippen LogP contribution is -2.38. The number of nitrogens with zero attached hydrogens (tertiary/aromatic N) is 1. The molecule has 6 heteroatoms. The van der Waals surface area contributed by atoms with Crippen molar-refractivity contribution in [1.29, 1.82) is 0 Å². The predicted octanol–water partition coefficient (Wildman–Crippen LogP) is 1.46. The van der Waals surface area contributed by atoms with Crippen molar-refractivity contribution in [3.63, 3.8) is 0 Å². The summed E-state index contributed by atoms with van der Waals surface area (Å²) >= 11 is 0. The normalized spacial score (nSPS) is 19.6. The Morgan fingerprint density at radius 3 is 2.80 bits per heavy atom. The highest BCUT2D eigenvalue weighted by Crippen LogP contribution is 2.29. The molecular formula is C14H22N2O3S. The van der Waals surface area contributed by atoms with E-state index in [1.807, 2.05) is 12.1 Å². The van der Waals surface area contributed by atoms with Crippen LogP contribution in [0.2, 0.25) is 0 Å². The van der Waals surface area contributed by atoms with Gasteiger partial charge in [-0.2, -0.15) is 0 Å². The molecule has 0 aliphatic carbocycles. The molecule has 112 valence electrons. The fraction of sp³-hybridized carbons (Fsp3) is 0.571. The van der Waals surface area contributed by atoms with E-state index in [1.54, 1.807) is 26.3 Å². The highest BCUT2D eigenvalue weighted by molar-refractivity contribution is 7.92. The smallest absolute Gasteiger partial charge is 0.235 e. The van der Waals surface area contributed by atoms with Crippen molar-refractivity contribution in [3.05, 3.63) is 24.3 Å². The third-order valence-corrected chi connectivity index (χ3v) is 5.61. The van der Waals surface area contributed by atoms with Crippen LogP contribution in [0.4, 0.5) is 5.69 Å². The number of para-hydroxylation sites is 2. The average Bonchev–Trinajstić information content (AvgIpc) is 2.47. The van der Waals surface area contributed by atoms with Crippen LogP contribution >= 0.6 is 0 Å². The van der Waals surface area contributed by atoms with Crippen LogP contribution in [0.5, 0.6) is 5.75 Å². The lowest BCUT2D eigenvalue weighted by Gasteiger charge is -2.27. The molecule has 0 amide bonds. The molecule has 0 aromatic heterocycles. The van der Waals surface area contributed by atoms with Crippen molar-refractivity contribution in [2.45, 2.75) is 12.8 Å². The number of piperidine rings is 1. The Labute approximate surface area is 121 Å². The molecule has 0 saturated carbocycles. The summed E-state index contributed by atoms with van der Waals surface area (Å²) in [5, 5.41) is 3.25. The molecule has 1 atom stereocenters. The maximum atomic E-state index is 12.5. The van der Waals surface area contributed by atoms with Crippen molar-refractivity contribution in [2.75, 3.05) is 37.3 Å². The number of sulfonamides is 1. The number of ether oxygens (including phenoxy) is 1. The van der Waals surface area contributed by atoms with Crippen LogP contribution in [0.1, 0.15) is 12.8 Å². The largest absolute Gasteiger partial charge is 0.495 e. The summed E-state index contributed by atoms with van der Waals surface area (Å²) in [6.07, 6.45) is 2.00. The molecule has 0 spiro atoms. The molecule has 1 aliphatic heterocycles. The second-order valence-corrected chi connectivity index (χ2v) is 7.18. The molecule has 5 nitrogen and oxygen atoms in total. The first-order chi connectivity index (χ1) is 9.54. The van der Waals surface area contributed by atoms with Gasteiger partial charge in [-0.15, -0.1) is 0 Å². The van der Waals surface area contributed by atoms with E-state index >= 15 is 0 Å². The van der Waals surface area contributed by atoms with Crippen molar-refractivity contribution in [3.8, 4) is 5.75 Å². The Balaban J connectivity index is 2.15. The predicted molar refractivity (Wildman–Crippen MR) is 80.8 cm³/mol. The first-order valence-corrected chi connectivity index (χ1v) is 8.46. The molecule has 1 heterocycles. The Kier molecular flexibility index (Phi) is 4.88. The van der Waals surface area contributed by atoms with Gasteiger partial charge in [0.2, 0.25) is 10.0 Å². The van der Waals surface area contributed by atoms with E-state index in [9.17, 15) is 8.42 Å². The molecule has 20 heavy (non-hydrogen) atoms. The standard InChI is InChI=1S/C14H22N2O3S/c1-16(13-7-3-4-8-14(13)19-2)20(17,18)11-12-6-5-9-15-10-12/h3-4,7-8,12,15H,5-6,9-11H2,1-2H3. The number of methoxy groups -OCH3 is 1. The summed E-state index contributed by atoms with van der Waals surface area (Å²) < 4.78 is 31.6. The molecule has 1 unspecified atom stereocenters. The minimum atomic E-state index is -3.33. The molecule has 1 aromatic rings. The third kappa shape index (κ3) is 3.43. The van der Waals surface area contributed by atoms with Gasteiger partial charge in [0.25, 0.3) is 0 Å². The zero-order valence-corrected chi connectivity index (χ0v) is 12.8. The van der Waals surface area contributed by atoms with Gasteiger partial charge in [-0.25, -0.2) is 8.42 Å². The zero-order chi connectivity index (χ0) is 14.6. The van der Waals surface area contributed by atoms with Gasteiger partial charge in [0.15, 0.2) is 0 Å². The van der Waals surface area contributed by atoms with E-state index in [0.29, 0.717) is 11.4 Å². The summed E-state index contributed by atoms with van der Waals surface area (Å²) in [6.45, 7) is 1.76. The first kappa shape index (κ1) is 15.1. The highest BCUT2D eigenvalue weighted by atomic mass is 32.2. The van der Waals surface area contributed by atoms with Crippen LogP contribution in [-0.4, -0.2) is 41.4 Å². The molecule has 1 N–H and O–H groups in total. The van der Waals surface area contributed by atoms with E-state index < -0.39 is 10.0 Å². The monoisotopic (exact) mass is 298 g/mol. The first-order valence-electron chi connectivity index (χ1n) is 6.85. The Bertz CT molecular complexity index is 539. The summed E-state index contributed by atoms with van der Waals surface area (Å²) in [5.41, 5.74) is 0.582. The number of rotatable bonds is 5.